The van der Waals surface area contributed by atoms with Crippen molar-refractivity contribution in [2.24, 2.45) is 5.73 Å². The van der Waals surface area contributed by atoms with E-state index < -0.39 is 0 Å². The minimum Gasteiger partial charge on any atom is -0.377 e. The first-order chi connectivity index (χ1) is 8.67. The van der Waals surface area contributed by atoms with Crippen molar-refractivity contribution in [2.45, 2.75) is 40.0 Å². The van der Waals surface area contributed by atoms with Crippen LogP contribution in [0.15, 0.2) is 24.3 Å². The third-order valence-electron chi connectivity index (χ3n) is 3.04. The molecule has 0 aliphatic heterocycles. The van der Waals surface area contributed by atoms with Crippen molar-refractivity contribution in [1.29, 1.82) is 0 Å². The molecule has 0 unspecified atom stereocenters. The lowest BCUT2D eigenvalue weighted by Crippen LogP contribution is -2.28. The molecule has 102 valence electrons. The van der Waals surface area contributed by atoms with Gasteiger partial charge in [0.1, 0.15) is 0 Å². The van der Waals surface area contributed by atoms with Crippen LogP contribution in [0.25, 0.3) is 0 Å². The number of rotatable bonds is 8. The zero-order valence-corrected chi connectivity index (χ0v) is 11.9. The van der Waals surface area contributed by atoms with Gasteiger partial charge in [-0.2, -0.15) is 0 Å². The summed E-state index contributed by atoms with van der Waals surface area (Å²) < 4.78 is 5.60. The van der Waals surface area contributed by atoms with E-state index in [-0.39, 0.29) is 0 Å². The second kappa shape index (κ2) is 8.25. The van der Waals surface area contributed by atoms with Gasteiger partial charge in [-0.25, -0.2) is 0 Å². The molecule has 3 heteroatoms. The third-order valence-corrected chi connectivity index (χ3v) is 3.04. The lowest BCUT2D eigenvalue weighted by molar-refractivity contribution is 0.0585. The number of benzene rings is 1. The summed E-state index contributed by atoms with van der Waals surface area (Å²) in [5.41, 5.74) is 8.33. The molecule has 0 aliphatic rings. The molecule has 2 N–H and O–H groups in total. The van der Waals surface area contributed by atoms with Crippen molar-refractivity contribution >= 4 is 0 Å². The second-order valence-corrected chi connectivity index (χ2v) is 4.76. The minimum atomic E-state index is 0.306. The molecule has 0 fully saturated rings. The lowest BCUT2D eigenvalue weighted by atomic mass is 10.1. The highest BCUT2D eigenvalue weighted by Crippen LogP contribution is 2.11. The standard InChI is InChI=1S/C15H26N2O/c1-4-17(9-10-18-13(2)3)12-15-8-6-5-7-14(15)11-16/h5-8,13H,4,9-12,16H2,1-3H3. The molecule has 0 saturated carbocycles. The monoisotopic (exact) mass is 250 g/mol. The van der Waals surface area contributed by atoms with Crippen molar-refractivity contribution in [3.63, 3.8) is 0 Å². The van der Waals surface area contributed by atoms with E-state index in [1.54, 1.807) is 0 Å². The molecule has 0 aliphatic carbocycles. The first-order valence-electron chi connectivity index (χ1n) is 6.78. The van der Waals surface area contributed by atoms with E-state index in [1.807, 2.05) is 6.07 Å². The highest BCUT2D eigenvalue weighted by Gasteiger charge is 2.07. The smallest absolute Gasteiger partial charge is 0.0597 e. The predicted molar refractivity (Wildman–Crippen MR) is 76.4 cm³/mol. The third kappa shape index (κ3) is 5.17. The number of nitrogens with two attached hydrogens (primary N) is 1. The summed E-state index contributed by atoms with van der Waals surface area (Å²) in [5.74, 6) is 0. The SMILES string of the molecule is CCN(CCOC(C)C)Cc1ccccc1CN. The molecule has 3 nitrogen and oxygen atoms in total. The molecule has 0 radical (unpaired) electrons. The molecule has 0 aromatic heterocycles. The average molecular weight is 250 g/mol. The topological polar surface area (TPSA) is 38.5 Å². The van der Waals surface area contributed by atoms with Gasteiger partial charge in [0.2, 0.25) is 0 Å². The molecule has 0 heterocycles. The number of likely N-dealkylation sites (N-methyl/N-ethyl adjacent to an activating group) is 1. The zero-order valence-electron chi connectivity index (χ0n) is 11.9. The van der Waals surface area contributed by atoms with Gasteiger partial charge >= 0.3 is 0 Å². The lowest BCUT2D eigenvalue weighted by Gasteiger charge is -2.22. The highest BCUT2D eigenvalue weighted by molar-refractivity contribution is 5.26. The van der Waals surface area contributed by atoms with E-state index in [2.05, 4.69) is 43.9 Å². The zero-order chi connectivity index (χ0) is 13.4. The summed E-state index contributed by atoms with van der Waals surface area (Å²) in [7, 11) is 0. The number of hydrogen-bond acceptors (Lipinski definition) is 3. The molecule has 1 rings (SSSR count). The van der Waals surface area contributed by atoms with Crippen LogP contribution in [0, 0.1) is 0 Å². The van der Waals surface area contributed by atoms with Crippen LogP contribution >= 0.6 is 0 Å². The van der Waals surface area contributed by atoms with Crippen molar-refractivity contribution in [3.8, 4) is 0 Å². The molecule has 1 aromatic carbocycles. The molecule has 0 bridgehead atoms. The number of hydrogen-bond donors (Lipinski definition) is 1. The summed E-state index contributed by atoms with van der Waals surface area (Å²) in [6.07, 6.45) is 0.306. The number of ether oxygens (including phenoxy) is 1. The van der Waals surface area contributed by atoms with Crippen LogP contribution in [0.1, 0.15) is 31.9 Å². The van der Waals surface area contributed by atoms with E-state index in [0.717, 1.165) is 26.2 Å². The van der Waals surface area contributed by atoms with Crippen LogP contribution in [0.4, 0.5) is 0 Å². The maximum Gasteiger partial charge on any atom is 0.0597 e. The Bertz CT molecular complexity index is 339. The molecule has 0 amide bonds. The average Bonchev–Trinajstić information content (AvgIpc) is 2.37. The van der Waals surface area contributed by atoms with Crippen molar-refractivity contribution in [2.75, 3.05) is 19.7 Å². The van der Waals surface area contributed by atoms with Crippen LogP contribution in [0.3, 0.4) is 0 Å². The van der Waals surface area contributed by atoms with Crippen molar-refractivity contribution < 1.29 is 4.74 Å². The Labute approximate surface area is 111 Å². The van der Waals surface area contributed by atoms with Crippen LogP contribution in [-0.4, -0.2) is 30.7 Å². The summed E-state index contributed by atoms with van der Waals surface area (Å²) in [6, 6.07) is 8.39. The first kappa shape index (κ1) is 15.2. The van der Waals surface area contributed by atoms with E-state index in [9.17, 15) is 0 Å². The minimum absolute atomic E-state index is 0.306. The normalized spacial score (nSPS) is 11.4. The Morgan fingerprint density at radius 2 is 1.89 bits per heavy atom. The Morgan fingerprint density at radius 1 is 1.22 bits per heavy atom. The summed E-state index contributed by atoms with van der Waals surface area (Å²) in [6.45, 7) is 10.7. The fourth-order valence-corrected chi connectivity index (χ4v) is 1.92. The van der Waals surface area contributed by atoms with Gasteiger partial charge in [0, 0.05) is 19.6 Å². The quantitative estimate of drug-likeness (QED) is 0.770. The van der Waals surface area contributed by atoms with E-state index >= 15 is 0 Å². The Balaban J connectivity index is 2.51. The fraction of sp³-hybridized carbons (Fsp3) is 0.600. The maximum atomic E-state index is 5.76. The van der Waals surface area contributed by atoms with Gasteiger partial charge in [0.15, 0.2) is 0 Å². The maximum absolute atomic E-state index is 5.76. The first-order valence-corrected chi connectivity index (χ1v) is 6.78. The van der Waals surface area contributed by atoms with Gasteiger partial charge in [-0.15, -0.1) is 0 Å². The van der Waals surface area contributed by atoms with E-state index in [0.29, 0.717) is 12.6 Å². The molecule has 1 aromatic rings. The number of nitrogens with zero attached hydrogens (tertiary/aromatic N) is 1. The van der Waals surface area contributed by atoms with Crippen LogP contribution in [0.5, 0.6) is 0 Å². The van der Waals surface area contributed by atoms with Gasteiger partial charge < -0.3 is 10.5 Å². The van der Waals surface area contributed by atoms with Crippen LogP contribution < -0.4 is 5.73 Å². The highest BCUT2D eigenvalue weighted by atomic mass is 16.5. The molecule has 0 saturated heterocycles. The van der Waals surface area contributed by atoms with Gasteiger partial charge in [0.25, 0.3) is 0 Å². The van der Waals surface area contributed by atoms with Gasteiger partial charge in [-0.1, -0.05) is 31.2 Å². The Hall–Kier alpha value is -0.900. The van der Waals surface area contributed by atoms with Gasteiger partial charge in [-0.3, -0.25) is 4.90 Å². The molecule has 0 atom stereocenters. The predicted octanol–water partition coefficient (Wildman–Crippen LogP) is 2.39. The van der Waals surface area contributed by atoms with E-state index in [4.69, 9.17) is 10.5 Å². The molecule has 0 spiro atoms. The molecule has 18 heavy (non-hydrogen) atoms. The summed E-state index contributed by atoms with van der Waals surface area (Å²) in [4.78, 5) is 2.39. The summed E-state index contributed by atoms with van der Waals surface area (Å²) in [5, 5.41) is 0. The Morgan fingerprint density at radius 3 is 2.44 bits per heavy atom. The fourth-order valence-electron chi connectivity index (χ4n) is 1.92. The summed E-state index contributed by atoms with van der Waals surface area (Å²) >= 11 is 0. The van der Waals surface area contributed by atoms with Crippen LogP contribution in [-0.2, 0) is 17.8 Å². The molecular weight excluding hydrogens is 224 g/mol. The van der Waals surface area contributed by atoms with Gasteiger partial charge in [-0.05, 0) is 31.5 Å². The molecular formula is C15H26N2O. The van der Waals surface area contributed by atoms with Gasteiger partial charge in [0.05, 0.1) is 12.7 Å². The van der Waals surface area contributed by atoms with Crippen molar-refractivity contribution in [3.05, 3.63) is 35.4 Å². The Kier molecular flexibility index (Phi) is 6.94. The van der Waals surface area contributed by atoms with E-state index in [1.165, 1.54) is 11.1 Å². The largest absolute Gasteiger partial charge is 0.377 e. The second-order valence-electron chi connectivity index (χ2n) is 4.76. The van der Waals surface area contributed by atoms with Crippen LogP contribution in [0.2, 0.25) is 0 Å². The van der Waals surface area contributed by atoms with Crippen molar-refractivity contribution in [1.82, 2.24) is 4.90 Å².